The number of ether oxygens (including phenoxy) is 1. The maximum Gasteiger partial charge on any atom is 0.419 e. The SMILES string of the molecule is O=CC(Br)c1ccc(OCc2ccccc2)c(C(F)(F)F)c1. The monoisotopic (exact) mass is 372 g/mol. The molecule has 0 N–H and O–H groups in total. The first kappa shape index (κ1) is 16.5. The molecule has 2 aromatic rings. The fourth-order valence-electron chi connectivity index (χ4n) is 1.88. The van der Waals surface area contributed by atoms with Crippen molar-refractivity contribution in [2.75, 3.05) is 0 Å². The van der Waals surface area contributed by atoms with Gasteiger partial charge in [-0.15, -0.1) is 0 Å². The highest BCUT2D eigenvalue weighted by Gasteiger charge is 2.35. The van der Waals surface area contributed by atoms with Crippen molar-refractivity contribution in [2.45, 2.75) is 17.6 Å². The third-order valence-electron chi connectivity index (χ3n) is 2.98. The topological polar surface area (TPSA) is 26.3 Å². The first-order valence-electron chi connectivity index (χ1n) is 6.39. The number of aldehydes is 1. The lowest BCUT2D eigenvalue weighted by molar-refractivity contribution is -0.139. The molecule has 0 bridgehead atoms. The fraction of sp³-hybridized carbons (Fsp3) is 0.188. The minimum atomic E-state index is -4.56. The molecule has 0 aromatic heterocycles. The Bertz CT molecular complexity index is 642. The van der Waals surface area contributed by atoms with Gasteiger partial charge in [0.1, 0.15) is 18.6 Å². The van der Waals surface area contributed by atoms with Crippen molar-refractivity contribution in [3.63, 3.8) is 0 Å². The van der Waals surface area contributed by atoms with Crippen LogP contribution in [0.15, 0.2) is 48.5 Å². The summed E-state index contributed by atoms with van der Waals surface area (Å²) in [5.41, 5.74) is 0.104. The lowest BCUT2D eigenvalue weighted by Crippen LogP contribution is -2.10. The lowest BCUT2D eigenvalue weighted by atomic mass is 10.1. The zero-order valence-electron chi connectivity index (χ0n) is 11.3. The second kappa shape index (κ2) is 6.96. The summed E-state index contributed by atoms with van der Waals surface area (Å²) in [4.78, 5) is 9.92. The summed E-state index contributed by atoms with van der Waals surface area (Å²) in [6, 6.07) is 12.5. The summed E-state index contributed by atoms with van der Waals surface area (Å²) < 4.78 is 44.7. The molecule has 1 unspecified atom stereocenters. The quantitative estimate of drug-likeness (QED) is 0.550. The van der Waals surface area contributed by atoms with Crippen LogP contribution < -0.4 is 4.74 Å². The van der Waals surface area contributed by atoms with E-state index in [1.807, 2.05) is 6.07 Å². The van der Waals surface area contributed by atoms with Crippen molar-refractivity contribution >= 4 is 22.2 Å². The van der Waals surface area contributed by atoms with E-state index in [0.29, 0.717) is 6.29 Å². The van der Waals surface area contributed by atoms with Crippen LogP contribution in [0.1, 0.15) is 21.5 Å². The van der Waals surface area contributed by atoms with E-state index in [1.54, 1.807) is 24.3 Å². The van der Waals surface area contributed by atoms with Crippen molar-refractivity contribution in [1.82, 2.24) is 0 Å². The fourth-order valence-corrected chi connectivity index (χ4v) is 2.17. The number of hydrogen-bond donors (Lipinski definition) is 0. The number of alkyl halides is 4. The van der Waals surface area contributed by atoms with Crippen molar-refractivity contribution in [3.8, 4) is 5.75 Å². The smallest absolute Gasteiger partial charge is 0.419 e. The molecule has 1 atom stereocenters. The molecule has 0 radical (unpaired) electrons. The van der Waals surface area contributed by atoms with Gasteiger partial charge in [-0.2, -0.15) is 13.2 Å². The van der Waals surface area contributed by atoms with Crippen molar-refractivity contribution in [1.29, 1.82) is 0 Å². The van der Waals surface area contributed by atoms with Gasteiger partial charge in [0.2, 0.25) is 0 Å². The van der Waals surface area contributed by atoms with E-state index in [2.05, 4.69) is 15.9 Å². The molecular weight excluding hydrogens is 361 g/mol. The molecule has 0 saturated heterocycles. The molecule has 2 nitrogen and oxygen atoms in total. The minimum absolute atomic E-state index is 0.0364. The Morgan fingerprint density at radius 1 is 1.14 bits per heavy atom. The maximum atomic E-state index is 13.1. The summed E-state index contributed by atoms with van der Waals surface area (Å²) in [5, 5.41) is 0. The van der Waals surface area contributed by atoms with Crippen LogP contribution in [0.25, 0.3) is 0 Å². The number of carbonyl (C=O) groups is 1. The van der Waals surface area contributed by atoms with Gasteiger partial charge in [-0.05, 0) is 23.3 Å². The normalized spacial score (nSPS) is 12.7. The Hall–Kier alpha value is -1.82. The largest absolute Gasteiger partial charge is 0.488 e. The van der Waals surface area contributed by atoms with Crippen LogP contribution in [0, 0.1) is 0 Å². The highest BCUT2D eigenvalue weighted by Crippen LogP contribution is 2.38. The second-order valence-corrected chi connectivity index (χ2v) is 5.55. The van der Waals surface area contributed by atoms with E-state index in [0.717, 1.165) is 11.6 Å². The molecule has 0 aliphatic heterocycles. The second-order valence-electron chi connectivity index (χ2n) is 4.57. The molecule has 0 heterocycles. The molecule has 0 saturated carbocycles. The molecule has 0 amide bonds. The third-order valence-corrected chi connectivity index (χ3v) is 3.73. The zero-order chi connectivity index (χ0) is 16.2. The molecule has 2 aromatic carbocycles. The highest BCUT2D eigenvalue weighted by molar-refractivity contribution is 9.09. The molecule has 0 aliphatic rings. The number of benzene rings is 2. The average molecular weight is 373 g/mol. The highest BCUT2D eigenvalue weighted by atomic mass is 79.9. The Kier molecular flexibility index (Phi) is 5.24. The van der Waals surface area contributed by atoms with E-state index < -0.39 is 16.6 Å². The molecule has 6 heteroatoms. The van der Waals surface area contributed by atoms with Crippen LogP contribution in [0.2, 0.25) is 0 Å². The number of hydrogen-bond acceptors (Lipinski definition) is 2. The summed E-state index contributed by atoms with van der Waals surface area (Å²) in [6.07, 6.45) is -4.03. The number of halogens is 4. The minimum Gasteiger partial charge on any atom is -0.488 e. The average Bonchev–Trinajstić information content (AvgIpc) is 2.52. The standard InChI is InChI=1S/C16H12BrF3O2/c17-14(9-21)12-6-7-15(13(8-12)16(18,19)20)22-10-11-4-2-1-3-5-11/h1-9,14H,10H2. The summed E-state index contributed by atoms with van der Waals surface area (Å²) >= 11 is 3.01. The van der Waals surface area contributed by atoms with Crippen LogP contribution in [0.3, 0.4) is 0 Å². The van der Waals surface area contributed by atoms with Gasteiger partial charge in [-0.1, -0.05) is 52.3 Å². The summed E-state index contributed by atoms with van der Waals surface area (Å²) in [7, 11) is 0. The Balaban J connectivity index is 2.28. The molecule has 0 fully saturated rings. The first-order valence-corrected chi connectivity index (χ1v) is 7.30. The van der Waals surface area contributed by atoms with Crippen molar-refractivity contribution in [2.24, 2.45) is 0 Å². The lowest BCUT2D eigenvalue weighted by Gasteiger charge is -2.16. The molecular formula is C16H12BrF3O2. The van der Waals surface area contributed by atoms with E-state index in [-0.39, 0.29) is 17.9 Å². The van der Waals surface area contributed by atoms with Crippen LogP contribution >= 0.6 is 15.9 Å². The van der Waals surface area contributed by atoms with E-state index in [4.69, 9.17) is 4.74 Å². The Morgan fingerprint density at radius 2 is 1.82 bits per heavy atom. The van der Waals surface area contributed by atoms with Crippen molar-refractivity contribution < 1.29 is 22.7 Å². The van der Waals surface area contributed by atoms with Gasteiger partial charge < -0.3 is 9.53 Å². The van der Waals surface area contributed by atoms with E-state index in [9.17, 15) is 18.0 Å². The Morgan fingerprint density at radius 3 is 2.41 bits per heavy atom. The first-order chi connectivity index (χ1) is 10.4. The van der Waals surface area contributed by atoms with E-state index in [1.165, 1.54) is 12.1 Å². The molecule has 116 valence electrons. The van der Waals surface area contributed by atoms with Crippen LogP contribution in [-0.4, -0.2) is 6.29 Å². The Labute approximate surface area is 134 Å². The van der Waals surface area contributed by atoms with Gasteiger partial charge in [-0.3, -0.25) is 0 Å². The van der Waals surface area contributed by atoms with Crippen LogP contribution in [-0.2, 0) is 17.6 Å². The van der Waals surface area contributed by atoms with Crippen LogP contribution in [0.4, 0.5) is 13.2 Å². The van der Waals surface area contributed by atoms with Gasteiger partial charge >= 0.3 is 6.18 Å². The van der Waals surface area contributed by atoms with Crippen molar-refractivity contribution in [3.05, 3.63) is 65.2 Å². The van der Waals surface area contributed by atoms with E-state index >= 15 is 0 Å². The van der Waals surface area contributed by atoms with Gasteiger partial charge in [0.05, 0.1) is 10.4 Å². The number of carbonyl (C=O) groups excluding carboxylic acids is 1. The van der Waals surface area contributed by atoms with Gasteiger partial charge in [0.25, 0.3) is 0 Å². The molecule has 0 spiro atoms. The third kappa shape index (κ3) is 4.10. The molecule has 2 rings (SSSR count). The van der Waals surface area contributed by atoms with Gasteiger partial charge in [-0.25, -0.2) is 0 Å². The number of rotatable bonds is 5. The zero-order valence-corrected chi connectivity index (χ0v) is 12.9. The van der Waals surface area contributed by atoms with Gasteiger partial charge in [0, 0.05) is 0 Å². The summed E-state index contributed by atoms with van der Waals surface area (Å²) in [6.45, 7) is 0.0364. The maximum absolute atomic E-state index is 13.1. The molecule has 0 aliphatic carbocycles. The van der Waals surface area contributed by atoms with Crippen LogP contribution in [0.5, 0.6) is 5.75 Å². The summed E-state index contributed by atoms with van der Waals surface area (Å²) in [5.74, 6) is -0.259. The molecule has 22 heavy (non-hydrogen) atoms. The predicted octanol–water partition coefficient (Wildman–Crippen LogP) is 4.92. The predicted molar refractivity (Wildman–Crippen MR) is 80.0 cm³/mol. The van der Waals surface area contributed by atoms with Gasteiger partial charge in [0.15, 0.2) is 0 Å².